The summed E-state index contributed by atoms with van der Waals surface area (Å²) in [5.41, 5.74) is 0. The highest BCUT2D eigenvalue weighted by atomic mass is 16.3. The number of rotatable bonds is 3. The minimum Gasteiger partial charge on any atom is -0.392 e. The van der Waals surface area contributed by atoms with Crippen LogP contribution in [-0.2, 0) is 6.54 Å². The Hall–Kier alpha value is -0.870. The standard InChI is InChI=1S/C11H19N3O/c1-10-12-4-6-14(10)8-7-13-5-2-3-11(15)9-13/h4,6,11,15H,2-3,5,7-9H2,1H3/t11-/m0/s1. The maximum Gasteiger partial charge on any atom is 0.105 e. The zero-order valence-electron chi connectivity index (χ0n) is 9.26. The van der Waals surface area contributed by atoms with Crippen molar-refractivity contribution in [3.05, 3.63) is 18.2 Å². The predicted molar refractivity (Wildman–Crippen MR) is 58.6 cm³/mol. The van der Waals surface area contributed by atoms with Crippen molar-refractivity contribution in [2.45, 2.75) is 32.4 Å². The van der Waals surface area contributed by atoms with Crippen molar-refractivity contribution in [1.82, 2.24) is 14.5 Å². The van der Waals surface area contributed by atoms with Crippen LogP contribution < -0.4 is 0 Å². The molecule has 1 aromatic rings. The molecule has 4 heteroatoms. The molecule has 0 amide bonds. The van der Waals surface area contributed by atoms with Gasteiger partial charge < -0.3 is 9.67 Å². The zero-order valence-corrected chi connectivity index (χ0v) is 9.26. The lowest BCUT2D eigenvalue weighted by Crippen LogP contribution is -2.39. The minimum absolute atomic E-state index is 0.123. The summed E-state index contributed by atoms with van der Waals surface area (Å²) >= 11 is 0. The summed E-state index contributed by atoms with van der Waals surface area (Å²) in [5, 5.41) is 9.53. The van der Waals surface area contributed by atoms with Crippen LogP contribution in [0.3, 0.4) is 0 Å². The van der Waals surface area contributed by atoms with Gasteiger partial charge in [0.05, 0.1) is 6.10 Å². The van der Waals surface area contributed by atoms with Gasteiger partial charge in [-0.15, -0.1) is 0 Å². The third-order valence-electron chi connectivity index (χ3n) is 3.06. The molecule has 2 heterocycles. The molecule has 84 valence electrons. The Kier molecular flexibility index (Phi) is 3.38. The lowest BCUT2D eigenvalue weighted by atomic mass is 10.1. The smallest absolute Gasteiger partial charge is 0.105 e. The van der Waals surface area contributed by atoms with Crippen molar-refractivity contribution < 1.29 is 5.11 Å². The van der Waals surface area contributed by atoms with Gasteiger partial charge >= 0.3 is 0 Å². The topological polar surface area (TPSA) is 41.3 Å². The normalized spacial score (nSPS) is 23.2. The number of aromatic nitrogens is 2. The highest BCUT2D eigenvalue weighted by molar-refractivity contribution is 4.88. The molecule has 0 aliphatic carbocycles. The highest BCUT2D eigenvalue weighted by Gasteiger charge is 2.16. The second-order valence-electron chi connectivity index (χ2n) is 4.26. The van der Waals surface area contributed by atoms with Gasteiger partial charge in [0.1, 0.15) is 5.82 Å². The molecule has 1 fully saturated rings. The van der Waals surface area contributed by atoms with E-state index in [0.717, 1.165) is 44.8 Å². The van der Waals surface area contributed by atoms with Crippen molar-refractivity contribution in [2.24, 2.45) is 0 Å². The van der Waals surface area contributed by atoms with Crippen molar-refractivity contribution in [2.75, 3.05) is 19.6 Å². The van der Waals surface area contributed by atoms with E-state index < -0.39 is 0 Å². The third kappa shape index (κ3) is 2.79. The molecule has 0 radical (unpaired) electrons. The summed E-state index contributed by atoms with van der Waals surface area (Å²) in [5.74, 6) is 1.06. The Morgan fingerprint density at radius 1 is 1.53 bits per heavy atom. The van der Waals surface area contributed by atoms with Crippen LogP contribution in [-0.4, -0.2) is 45.3 Å². The average molecular weight is 209 g/mol. The first-order valence-electron chi connectivity index (χ1n) is 5.64. The number of aliphatic hydroxyl groups excluding tert-OH is 1. The van der Waals surface area contributed by atoms with E-state index in [-0.39, 0.29) is 6.10 Å². The molecule has 0 aromatic carbocycles. The minimum atomic E-state index is -0.123. The summed E-state index contributed by atoms with van der Waals surface area (Å²) in [7, 11) is 0. The summed E-state index contributed by atoms with van der Waals surface area (Å²) in [6.07, 6.45) is 5.79. The fourth-order valence-corrected chi connectivity index (χ4v) is 2.12. The van der Waals surface area contributed by atoms with Crippen LogP contribution in [0.5, 0.6) is 0 Å². The monoisotopic (exact) mass is 209 g/mol. The van der Waals surface area contributed by atoms with Gasteiger partial charge in [-0.25, -0.2) is 4.98 Å². The Bertz CT molecular complexity index is 311. The van der Waals surface area contributed by atoms with Crippen LogP contribution in [0.1, 0.15) is 18.7 Å². The fraction of sp³-hybridized carbons (Fsp3) is 0.727. The molecule has 1 aliphatic heterocycles. The number of hydrogen-bond acceptors (Lipinski definition) is 3. The van der Waals surface area contributed by atoms with Gasteiger partial charge in [0.15, 0.2) is 0 Å². The van der Waals surface area contributed by atoms with E-state index in [1.165, 1.54) is 0 Å². The molecule has 1 aliphatic rings. The quantitative estimate of drug-likeness (QED) is 0.794. The average Bonchev–Trinajstić information content (AvgIpc) is 2.61. The van der Waals surface area contributed by atoms with E-state index in [0.29, 0.717) is 0 Å². The molecule has 1 N–H and O–H groups in total. The number of hydrogen-bond donors (Lipinski definition) is 1. The molecule has 4 nitrogen and oxygen atoms in total. The zero-order chi connectivity index (χ0) is 10.7. The molecule has 1 saturated heterocycles. The molecule has 1 atom stereocenters. The molecular weight excluding hydrogens is 190 g/mol. The van der Waals surface area contributed by atoms with E-state index >= 15 is 0 Å². The number of likely N-dealkylation sites (tertiary alicyclic amines) is 1. The first-order valence-corrected chi connectivity index (χ1v) is 5.64. The number of aliphatic hydroxyl groups is 1. The van der Waals surface area contributed by atoms with E-state index in [1.807, 2.05) is 19.3 Å². The molecule has 15 heavy (non-hydrogen) atoms. The molecule has 0 unspecified atom stereocenters. The van der Waals surface area contributed by atoms with Crippen molar-refractivity contribution in [3.63, 3.8) is 0 Å². The van der Waals surface area contributed by atoms with Gasteiger partial charge in [-0.3, -0.25) is 4.90 Å². The number of aryl methyl sites for hydroxylation is 1. The van der Waals surface area contributed by atoms with Gasteiger partial charge in [-0.2, -0.15) is 0 Å². The predicted octanol–water partition coefficient (Wildman–Crippen LogP) is 0.648. The first-order chi connectivity index (χ1) is 7.25. The lowest BCUT2D eigenvalue weighted by molar-refractivity contribution is 0.0688. The molecule has 0 spiro atoms. The van der Waals surface area contributed by atoms with E-state index in [9.17, 15) is 5.11 Å². The Balaban J connectivity index is 1.80. The van der Waals surface area contributed by atoms with Crippen LogP contribution in [0.4, 0.5) is 0 Å². The van der Waals surface area contributed by atoms with E-state index in [4.69, 9.17) is 0 Å². The van der Waals surface area contributed by atoms with Crippen molar-refractivity contribution in [3.8, 4) is 0 Å². The van der Waals surface area contributed by atoms with Crippen molar-refractivity contribution >= 4 is 0 Å². The summed E-state index contributed by atoms with van der Waals surface area (Å²) in [4.78, 5) is 6.52. The number of piperidine rings is 1. The van der Waals surface area contributed by atoms with Gasteiger partial charge in [0, 0.05) is 32.0 Å². The van der Waals surface area contributed by atoms with Crippen LogP contribution in [0.2, 0.25) is 0 Å². The SMILES string of the molecule is Cc1nccn1CCN1CCC[C@H](O)C1. The van der Waals surface area contributed by atoms with E-state index in [2.05, 4.69) is 14.5 Å². The molecular formula is C11H19N3O. The first kappa shape index (κ1) is 10.6. The Labute approximate surface area is 90.5 Å². The maximum absolute atomic E-state index is 9.53. The molecule has 1 aromatic heterocycles. The van der Waals surface area contributed by atoms with Crippen LogP contribution >= 0.6 is 0 Å². The summed E-state index contributed by atoms with van der Waals surface area (Å²) in [6.45, 7) is 5.94. The molecule has 0 bridgehead atoms. The second kappa shape index (κ2) is 4.77. The van der Waals surface area contributed by atoms with Crippen LogP contribution in [0, 0.1) is 6.92 Å². The van der Waals surface area contributed by atoms with Gasteiger partial charge in [-0.05, 0) is 26.3 Å². The highest BCUT2D eigenvalue weighted by Crippen LogP contribution is 2.09. The molecule has 0 saturated carbocycles. The largest absolute Gasteiger partial charge is 0.392 e. The van der Waals surface area contributed by atoms with Gasteiger partial charge in [0.25, 0.3) is 0 Å². The number of imidazole rings is 1. The fourth-order valence-electron chi connectivity index (χ4n) is 2.12. The van der Waals surface area contributed by atoms with E-state index in [1.54, 1.807) is 0 Å². The summed E-state index contributed by atoms with van der Waals surface area (Å²) in [6, 6.07) is 0. The van der Waals surface area contributed by atoms with Crippen LogP contribution in [0.25, 0.3) is 0 Å². The van der Waals surface area contributed by atoms with Crippen molar-refractivity contribution in [1.29, 1.82) is 0 Å². The number of β-amino-alcohol motifs (C(OH)–C–C–N with tert-alkyl or cyclic N) is 1. The lowest BCUT2D eigenvalue weighted by Gasteiger charge is -2.30. The van der Waals surface area contributed by atoms with Gasteiger partial charge in [-0.1, -0.05) is 0 Å². The Morgan fingerprint density at radius 2 is 2.40 bits per heavy atom. The third-order valence-corrected chi connectivity index (χ3v) is 3.06. The molecule has 2 rings (SSSR count). The summed E-state index contributed by atoms with van der Waals surface area (Å²) < 4.78 is 2.15. The number of nitrogens with zero attached hydrogens (tertiary/aromatic N) is 3. The van der Waals surface area contributed by atoms with Gasteiger partial charge in [0.2, 0.25) is 0 Å². The maximum atomic E-state index is 9.53. The Morgan fingerprint density at radius 3 is 3.07 bits per heavy atom. The second-order valence-corrected chi connectivity index (χ2v) is 4.26. The van der Waals surface area contributed by atoms with Crippen LogP contribution in [0.15, 0.2) is 12.4 Å².